The van der Waals surface area contributed by atoms with E-state index >= 15 is 0 Å². The molecule has 0 heterocycles. The van der Waals surface area contributed by atoms with Crippen LogP contribution in [0.4, 0.5) is 5.69 Å². The van der Waals surface area contributed by atoms with Crippen molar-refractivity contribution in [1.29, 1.82) is 0 Å². The number of ether oxygens (including phenoxy) is 2. The Morgan fingerprint density at radius 1 is 1.04 bits per heavy atom. The number of nitrogens with one attached hydrogen (secondary N) is 1. The van der Waals surface area contributed by atoms with Gasteiger partial charge in [0.1, 0.15) is 11.5 Å². The molecule has 6 nitrogen and oxygen atoms in total. The highest BCUT2D eigenvalue weighted by Gasteiger charge is 2.06. The molecule has 0 amide bonds. The van der Waals surface area contributed by atoms with Crippen molar-refractivity contribution in [3.8, 4) is 11.5 Å². The monoisotopic (exact) mass is 361 g/mol. The minimum absolute atomic E-state index is 0.205. The third kappa shape index (κ3) is 5.36. The van der Waals surface area contributed by atoms with Gasteiger partial charge in [0, 0.05) is 22.9 Å². The molecule has 0 aliphatic heterocycles. The van der Waals surface area contributed by atoms with Crippen LogP contribution in [0.1, 0.15) is 15.9 Å². The molecule has 0 atom stereocenters. The first-order valence-corrected chi connectivity index (χ1v) is 9.24. The maximum Gasteiger partial charge on any atom is 0.229 e. The molecule has 2 rings (SSSR count). The number of benzene rings is 2. The van der Waals surface area contributed by atoms with Gasteiger partial charge < -0.3 is 9.47 Å². The predicted octanol–water partition coefficient (Wildman–Crippen LogP) is 2.97. The topological polar surface area (TPSA) is 81.7 Å². The molecule has 0 radical (unpaired) electrons. The second-order valence-corrected chi connectivity index (χ2v) is 7.01. The van der Waals surface area contributed by atoms with Crippen LogP contribution in [-0.2, 0) is 10.0 Å². The van der Waals surface area contributed by atoms with Crippen LogP contribution in [0.25, 0.3) is 6.08 Å². The molecule has 0 saturated carbocycles. The fourth-order valence-corrected chi connectivity index (χ4v) is 2.70. The minimum Gasteiger partial charge on any atom is -0.497 e. The Morgan fingerprint density at radius 2 is 1.72 bits per heavy atom. The van der Waals surface area contributed by atoms with Gasteiger partial charge in [0.2, 0.25) is 10.0 Å². The van der Waals surface area contributed by atoms with Crippen LogP contribution in [0.15, 0.2) is 48.5 Å². The van der Waals surface area contributed by atoms with Crippen LogP contribution < -0.4 is 14.2 Å². The molecule has 132 valence electrons. The van der Waals surface area contributed by atoms with E-state index in [9.17, 15) is 13.2 Å². The number of methoxy groups -OCH3 is 2. The van der Waals surface area contributed by atoms with E-state index in [4.69, 9.17) is 9.47 Å². The summed E-state index contributed by atoms with van der Waals surface area (Å²) in [6.07, 6.45) is 4.16. The molecule has 0 saturated heterocycles. The fraction of sp³-hybridized carbons (Fsp3) is 0.167. The molecule has 0 fully saturated rings. The summed E-state index contributed by atoms with van der Waals surface area (Å²) in [7, 11) is -0.234. The van der Waals surface area contributed by atoms with Crippen molar-refractivity contribution < 1.29 is 22.7 Å². The first-order valence-electron chi connectivity index (χ1n) is 7.34. The standard InChI is InChI=1S/C18H19NO5S/c1-23-16-10-6-14(18(12-16)24-2)7-11-17(20)13-4-8-15(9-5-13)19-25(3,21)22/h4-12,19H,1-3H3/b11-7+. The Labute approximate surface area is 147 Å². The van der Waals surface area contributed by atoms with Gasteiger partial charge in [-0.05, 0) is 48.6 Å². The Kier molecular flexibility index (Phi) is 5.82. The fourth-order valence-electron chi connectivity index (χ4n) is 2.13. The van der Waals surface area contributed by atoms with E-state index in [1.165, 1.54) is 18.2 Å². The number of rotatable bonds is 7. The molecule has 1 N–H and O–H groups in total. The van der Waals surface area contributed by atoms with Crippen molar-refractivity contribution in [3.05, 3.63) is 59.7 Å². The van der Waals surface area contributed by atoms with Gasteiger partial charge in [-0.3, -0.25) is 9.52 Å². The lowest BCUT2D eigenvalue weighted by atomic mass is 10.1. The maximum absolute atomic E-state index is 12.2. The van der Waals surface area contributed by atoms with E-state index < -0.39 is 10.0 Å². The zero-order valence-corrected chi connectivity index (χ0v) is 15.0. The summed E-state index contributed by atoms with van der Waals surface area (Å²) in [6, 6.07) is 11.5. The van der Waals surface area contributed by atoms with Gasteiger partial charge in [-0.25, -0.2) is 8.42 Å². The lowest BCUT2D eigenvalue weighted by Crippen LogP contribution is -2.09. The Hall–Kier alpha value is -2.80. The van der Waals surface area contributed by atoms with E-state index in [0.29, 0.717) is 22.7 Å². The largest absolute Gasteiger partial charge is 0.497 e. The summed E-state index contributed by atoms with van der Waals surface area (Å²) in [6.45, 7) is 0. The molecule has 0 unspecified atom stereocenters. The van der Waals surface area contributed by atoms with Gasteiger partial charge in [0.15, 0.2) is 5.78 Å². The second kappa shape index (κ2) is 7.85. The number of allylic oxidation sites excluding steroid dienone is 1. The van der Waals surface area contributed by atoms with Crippen LogP contribution in [0.5, 0.6) is 11.5 Å². The van der Waals surface area contributed by atoms with Crippen LogP contribution in [0, 0.1) is 0 Å². The number of sulfonamides is 1. The van der Waals surface area contributed by atoms with Gasteiger partial charge in [-0.2, -0.15) is 0 Å². The molecule has 0 aliphatic rings. The summed E-state index contributed by atoms with van der Waals surface area (Å²) in [5.41, 5.74) is 1.59. The molecular formula is C18H19NO5S. The SMILES string of the molecule is COc1ccc(/C=C/C(=O)c2ccc(NS(C)(=O)=O)cc2)c(OC)c1. The second-order valence-electron chi connectivity index (χ2n) is 5.26. The summed E-state index contributed by atoms with van der Waals surface area (Å²) in [5.74, 6) is 1.05. The summed E-state index contributed by atoms with van der Waals surface area (Å²) in [4.78, 5) is 12.2. The predicted molar refractivity (Wildman–Crippen MR) is 97.8 cm³/mol. The summed E-state index contributed by atoms with van der Waals surface area (Å²) < 4.78 is 35.1. The Balaban J connectivity index is 2.15. The first-order chi connectivity index (χ1) is 11.8. The number of hydrogen-bond acceptors (Lipinski definition) is 5. The lowest BCUT2D eigenvalue weighted by molar-refractivity contribution is 0.104. The average Bonchev–Trinajstić information content (AvgIpc) is 2.58. The third-order valence-corrected chi connectivity index (χ3v) is 3.93. The molecule has 7 heteroatoms. The molecular weight excluding hydrogens is 342 g/mol. The van der Waals surface area contributed by atoms with E-state index in [2.05, 4.69) is 4.72 Å². The van der Waals surface area contributed by atoms with Crippen molar-refractivity contribution in [1.82, 2.24) is 0 Å². The van der Waals surface area contributed by atoms with Crippen molar-refractivity contribution in [3.63, 3.8) is 0 Å². The molecule has 2 aromatic carbocycles. The zero-order chi connectivity index (χ0) is 18.4. The molecule has 0 bridgehead atoms. The summed E-state index contributed by atoms with van der Waals surface area (Å²) in [5, 5.41) is 0. The molecule has 0 aromatic heterocycles. The number of carbonyl (C=O) groups excluding carboxylic acids is 1. The Bertz CT molecular complexity index is 886. The minimum atomic E-state index is -3.34. The summed E-state index contributed by atoms with van der Waals surface area (Å²) >= 11 is 0. The number of ketones is 1. The van der Waals surface area contributed by atoms with Crippen molar-refractivity contribution in [2.45, 2.75) is 0 Å². The highest BCUT2D eigenvalue weighted by molar-refractivity contribution is 7.92. The molecule has 2 aromatic rings. The van der Waals surface area contributed by atoms with E-state index in [1.54, 1.807) is 50.6 Å². The van der Waals surface area contributed by atoms with Gasteiger partial charge in [-0.1, -0.05) is 0 Å². The van der Waals surface area contributed by atoms with E-state index in [1.807, 2.05) is 0 Å². The molecule has 0 aliphatic carbocycles. The van der Waals surface area contributed by atoms with Crippen LogP contribution in [-0.4, -0.2) is 34.7 Å². The van der Waals surface area contributed by atoms with E-state index in [0.717, 1.165) is 11.8 Å². The smallest absolute Gasteiger partial charge is 0.229 e. The highest BCUT2D eigenvalue weighted by atomic mass is 32.2. The van der Waals surface area contributed by atoms with Crippen LogP contribution in [0.2, 0.25) is 0 Å². The van der Waals surface area contributed by atoms with Crippen LogP contribution >= 0.6 is 0 Å². The quantitative estimate of drug-likeness (QED) is 0.606. The van der Waals surface area contributed by atoms with Crippen molar-refractivity contribution in [2.24, 2.45) is 0 Å². The first kappa shape index (κ1) is 18.5. The normalized spacial score (nSPS) is 11.3. The zero-order valence-electron chi connectivity index (χ0n) is 14.1. The lowest BCUT2D eigenvalue weighted by Gasteiger charge is -2.07. The molecule has 25 heavy (non-hydrogen) atoms. The highest BCUT2D eigenvalue weighted by Crippen LogP contribution is 2.25. The van der Waals surface area contributed by atoms with Gasteiger partial charge in [0.05, 0.1) is 20.5 Å². The maximum atomic E-state index is 12.2. The van der Waals surface area contributed by atoms with Crippen molar-refractivity contribution in [2.75, 3.05) is 25.2 Å². The van der Waals surface area contributed by atoms with Gasteiger partial charge in [-0.15, -0.1) is 0 Å². The van der Waals surface area contributed by atoms with Crippen LogP contribution in [0.3, 0.4) is 0 Å². The molecule has 0 spiro atoms. The van der Waals surface area contributed by atoms with Gasteiger partial charge >= 0.3 is 0 Å². The van der Waals surface area contributed by atoms with E-state index in [-0.39, 0.29) is 5.78 Å². The average molecular weight is 361 g/mol. The number of anilines is 1. The number of hydrogen-bond donors (Lipinski definition) is 1. The number of carbonyl (C=O) groups is 1. The van der Waals surface area contributed by atoms with Gasteiger partial charge in [0.25, 0.3) is 0 Å². The van der Waals surface area contributed by atoms with Crippen molar-refractivity contribution >= 4 is 27.6 Å². The third-order valence-electron chi connectivity index (χ3n) is 3.33. The Morgan fingerprint density at radius 3 is 2.28 bits per heavy atom.